The summed E-state index contributed by atoms with van der Waals surface area (Å²) in [4.78, 5) is 9.41. The highest BCUT2D eigenvalue weighted by atomic mass is 15.0. The van der Waals surface area contributed by atoms with E-state index in [4.69, 9.17) is 4.98 Å². The van der Waals surface area contributed by atoms with Crippen LogP contribution in [0.4, 0.5) is 0 Å². The van der Waals surface area contributed by atoms with Crippen molar-refractivity contribution in [3.8, 4) is 11.3 Å². The number of benzene rings is 1. The molecule has 0 saturated carbocycles. The summed E-state index contributed by atoms with van der Waals surface area (Å²) in [6, 6.07) is 6.45. The van der Waals surface area contributed by atoms with E-state index in [-0.39, 0.29) is 0 Å². The van der Waals surface area contributed by atoms with E-state index in [2.05, 4.69) is 56.2 Å². The Balaban J connectivity index is 2.10. The Labute approximate surface area is 120 Å². The zero-order valence-corrected chi connectivity index (χ0v) is 12.6. The van der Waals surface area contributed by atoms with Crippen LogP contribution in [0.1, 0.15) is 34.1 Å². The molecule has 3 nitrogen and oxygen atoms in total. The van der Waals surface area contributed by atoms with Gasteiger partial charge in [0.1, 0.15) is 5.82 Å². The van der Waals surface area contributed by atoms with E-state index in [0.29, 0.717) is 5.92 Å². The first-order valence-corrected chi connectivity index (χ1v) is 7.19. The first-order chi connectivity index (χ1) is 9.56. The molecule has 0 atom stereocenters. The van der Waals surface area contributed by atoms with Gasteiger partial charge in [-0.3, -0.25) is 0 Å². The predicted octanol–water partition coefficient (Wildman–Crippen LogP) is 3.06. The molecule has 1 aliphatic rings. The highest BCUT2D eigenvalue weighted by molar-refractivity contribution is 5.66. The van der Waals surface area contributed by atoms with Crippen molar-refractivity contribution >= 4 is 0 Å². The molecule has 2 heterocycles. The van der Waals surface area contributed by atoms with Crippen molar-refractivity contribution in [1.29, 1.82) is 0 Å². The second kappa shape index (κ2) is 4.98. The highest BCUT2D eigenvalue weighted by Gasteiger charge is 2.22. The van der Waals surface area contributed by atoms with E-state index in [0.717, 1.165) is 30.3 Å². The van der Waals surface area contributed by atoms with Crippen molar-refractivity contribution in [2.75, 3.05) is 13.1 Å². The summed E-state index contributed by atoms with van der Waals surface area (Å²) in [5.74, 6) is 1.46. The summed E-state index contributed by atoms with van der Waals surface area (Å²) in [7, 11) is 0. The molecule has 1 aromatic heterocycles. The van der Waals surface area contributed by atoms with Crippen LogP contribution < -0.4 is 5.32 Å². The quantitative estimate of drug-likeness (QED) is 0.908. The SMILES string of the molecule is Cc1cc(-c2ccc(C)c(C)c2C)nc(C2CNC2)n1. The van der Waals surface area contributed by atoms with E-state index < -0.39 is 0 Å². The van der Waals surface area contributed by atoms with E-state index in [1.54, 1.807) is 0 Å². The minimum atomic E-state index is 0.473. The molecule has 1 saturated heterocycles. The average molecular weight is 267 g/mol. The third-order valence-corrected chi connectivity index (χ3v) is 4.35. The topological polar surface area (TPSA) is 37.8 Å². The van der Waals surface area contributed by atoms with Gasteiger partial charge < -0.3 is 5.32 Å². The number of nitrogens with one attached hydrogen (secondary N) is 1. The van der Waals surface area contributed by atoms with E-state index in [1.807, 2.05) is 0 Å². The van der Waals surface area contributed by atoms with Crippen molar-refractivity contribution < 1.29 is 0 Å². The summed E-state index contributed by atoms with van der Waals surface area (Å²) in [6.07, 6.45) is 0. The molecule has 0 amide bonds. The van der Waals surface area contributed by atoms with Gasteiger partial charge in [-0.25, -0.2) is 9.97 Å². The van der Waals surface area contributed by atoms with Crippen LogP contribution in [0.25, 0.3) is 11.3 Å². The van der Waals surface area contributed by atoms with Crippen LogP contribution in [0.5, 0.6) is 0 Å². The van der Waals surface area contributed by atoms with Crippen molar-refractivity contribution in [2.24, 2.45) is 0 Å². The van der Waals surface area contributed by atoms with Gasteiger partial charge in [0, 0.05) is 30.3 Å². The van der Waals surface area contributed by atoms with Gasteiger partial charge in [0.2, 0.25) is 0 Å². The first kappa shape index (κ1) is 13.3. The van der Waals surface area contributed by atoms with Crippen LogP contribution in [0.2, 0.25) is 0 Å². The fraction of sp³-hybridized carbons (Fsp3) is 0.412. The summed E-state index contributed by atoms with van der Waals surface area (Å²) >= 11 is 0. The molecule has 20 heavy (non-hydrogen) atoms. The molecular formula is C17H21N3. The van der Waals surface area contributed by atoms with Crippen molar-refractivity contribution in [2.45, 2.75) is 33.6 Å². The van der Waals surface area contributed by atoms with Crippen molar-refractivity contribution in [3.05, 3.63) is 46.4 Å². The summed E-state index contributed by atoms with van der Waals surface area (Å²) < 4.78 is 0. The fourth-order valence-corrected chi connectivity index (χ4v) is 2.62. The number of hydrogen-bond donors (Lipinski definition) is 1. The first-order valence-electron chi connectivity index (χ1n) is 7.19. The molecule has 0 unspecified atom stereocenters. The molecule has 0 aliphatic carbocycles. The molecule has 3 rings (SSSR count). The lowest BCUT2D eigenvalue weighted by Crippen LogP contribution is -2.41. The molecule has 1 aromatic carbocycles. The summed E-state index contributed by atoms with van der Waals surface area (Å²) in [6.45, 7) is 10.6. The predicted molar refractivity (Wildman–Crippen MR) is 82.0 cm³/mol. The zero-order valence-electron chi connectivity index (χ0n) is 12.6. The summed E-state index contributed by atoms with van der Waals surface area (Å²) in [5, 5.41) is 3.29. The molecule has 0 spiro atoms. The lowest BCUT2D eigenvalue weighted by atomic mass is 9.96. The Kier molecular flexibility index (Phi) is 3.30. The normalized spacial score (nSPS) is 15.2. The number of rotatable bonds is 2. The lowest BCUT2D eigenvalue weighted by molar-refractivity contribution is 0.429. The van der Waals surface area contributed by atoms with E-state index in [1.165, 1.54) is 22.3 Å². The fourth-order valence-electron chi connectivity index (χ4n) is 2.62. The molecule has 2 aromatic rings. The number of aryl methyl sites for hydroxylation is 2. The smallest absolute Gasteiger partial charge is 0.134 e. The molecular weight excluding hydrogens is 246 g/mol. The maximum Gasteiger partial charge on any atom is 0.134 e. The van der Waals surface area contributed by atoms with Crippen molar-refractivity contribution in [1.82, 2.24) is 15.3 Å². The van der Waals surface area contributed by atoms with Crippen molar-refractivity contribution in [3.63, 3.8) is 0 Å². The van der Waals surface area contributed by atoms with E-state index in [9.17, 15) is 0 Å². The highest BCUT2D eigenvalue weighted by Crippen LogP contribution is 2.28. The standard InChI is InChI=1S/C17H21N3/c1-10-5-6-15(13(4)12(10)3)16-7-11(2)19-17(20-16)14-8-18-9-14/h5-7,14,18H,8-9H2,1-4H3. The third-order valence-electron chi connectivity index (χ3n) is 4.35. The van der Waals surface area contributed by atoms with Crippen LogP contribution in [0, 0.1) is 27.7 Å². The van der Waals surface area contributed by atoms with Crippen LogP contribution >= 0.6 is 0 Å². The Morgan fingerprint density at radius 1 is 1.00 bits per heavy atom. The molecule has 0 bridgehead atoms. The minimum Gasteiger partial charge on any atom is -0.315 e. The number of aromatic nitrogens is 2. The molecule has 3 heteroatoms. The third kappa shape index (κ3) is 2.22. The van der Waals surface area contributed by atoms with Crippen LogP contribution in [-0.4, -0.2) is 23.1 Å². The lowest BCUT2D eigenvalue weighted by Gasteiger charge is -2.26. The maximum absolute atomic E-state index is 4.81. The molecule has 0 radical (unpaired) electrons. The van der Waals surface area contributed by atoms with E-state index >= 15 is 0 Å². The van der Waals surface area contributed by atoms with Crippen LogP contribution in [-0.2, 0) is 0 Å². The van der Waals surface area contributed by atoms with Gasteiger partial charge in [0.05, 0.1) is 5.69 Å². The van der Waals surface area contributed by atoms with Gasteiger partial charge in [-0.15, -0.1) is 0 Å². The Morgan fingerprint density at radius 3 is 2.40 bits per heavy atom. The molecule has 104 valence electrons. The number of hydrogen-bond acceptors (Lipinski definition) is 3. The largest absolute Gasteiger partial charge is 0.315 e. The monoisotopic (exact) mass is 267 g/mol. The molecule has 1 fully saturated rings. The zero-order chi connectivity index (χ0) is 14.3. The van der Waals surface area contributed by atoms with Gasteiger partial charge in [-0.05, 0) is 50.5 Å². The summed E-state index contributed by atoms with van der Waals surface area (Å²) in [5.41, 5.74) is 7.34. The second-order valence-corrected chi connectivity index (χ2v) is 5.79. The van der Waals surface area contributed by atoms with Crippen LogP contribution in [0.3, 0.4) is 0 Å². The van der Waals surface area contributed by atoms with Gasteiger partial charge in [0.15, 0.2) is 0 Å². The Bertz CT molecular complexity index is 658. The van der Waals surface area contributed by atoms with Gasteiger partial charge >= 0.3 is 0 Å². The van der Waals surface area contributed by atoms with Crippen LogP contribution in [0.15, 0.2) is 18.2 Å². The minimum absolute atomic E-state index is 0.473. The molecule has 1 N–H and O–H groups in total. The van der Waals surface area contributed by atoms with Gasteiger partial charge in [-0.2, -0.15) is 0 Å². The van der Waals surface area contributed by atoms with Gasteiger partial charge in [0.25, 0.3) is 0 Å². The maximum atomic E-state index is 4.81. The Hall–Kier alpha value is -1.74. The Morgan fingerprint density at radius 2 is 1.75 bits per heavy atom. The molecule has 1 aliphatic heterocycles. The second-order valence-electron chi connectivity index (χ2n) is 5.79. The average Bonchev–Trinajstić information content (AvgIpc) is 2.33. The number of nitrogens with zero attached hydrogens (tertiary/aromatic N) is 2. The van der Waals surface area contributed by atoms with Gasteiger partial charge in [-0.1, -0.05) is 12.1 Å².